The van der Waals surface area contributed by atoms with Gasteiger partial charge in [0.1, 0.15) is 0 Å². The predicted octanol–water partition coefficient (Wildman–Crippen LogP) is 3.33. The van der Waals surface area contributed by atoms with Crippen LogP contribution in [0.25, 0.3) is 0 Å². The summed E-state index contributed by atoms with van der Waals surface area (Å²) in [6.45, 7) is 0. The second-order valence-electron chi connectivity index (χ2n) is 3.66. The molecule has 4 heteroatoms. The molecule has 0 aliphatic carbocycles. The minimum atomic E-state index is -0.870. The minimum Gasteiger partial charge on any atom is -0.292 e. The van der Waals surface area contributed by atoms with E-state index in [1.807, 2.05) is 12.1 Å². The Kier molecular flexibility index (Phi) is 3.85. The summed E-state index contributed by atoms with van der Waals surface area (Å²) in [4.78, 5) is 16.4. The van der Waals surface area contributed by atoms with E-state index in [1.165, 1.54) is 0 Å². The third-order valence-corrected chi connectivity index (χ3v) is 3.21. The number of carbonyl (C=O) groups is 1. The van der Waals surface area contributed by atoms with Gasteiger partial charge in [-0.05, 0) is 18.2 Å². The highest BCUT2D eigenvalue weighted by molar-refractivity contribution is 9.10. The SMILES string of the molecule is N#C[C@H](C(=O)c1ccccc1Br)c1ccccn1. The van der Waals surface area contributed by atoms with E-state index in [1.54, 1.807) is 42.6 Å². The molecule has 1 aromatic carbocycles. The molecular weight excluding hydrogens is 292 g/mol. The Labute approximate surface area is 113 Å². The highest BCUT2D eigenvalue weighted by Gasteiger charge is 2.24. The summed E-state index contributed by atoms with van der Waals surface area (Å²) < 4.78 is 0.686. The Balaban J connectivity index is 2.39. The van der Waals surface area contributed by atoms with Gasteiger partial charge in [0.15, 0.2) is 11.7 Å². The molecule has 2 rings (SSSR count). The third kappa shape index (κ3) is 2.47. The van der Waals surface area contributed by atoms with Gasteiger partial charge in [-0.15, -0.1) is 0 Å². The number of ketones is 1. The third-order valence-electron chi connectivity index (χ3n) is 2.51. The van der Waals surface area contributed by atoms with Crippen LogP contribution in [0, 0.1) is 11.3 Å². The molecule has 0 saturated heterocycles. The summed E-state index contributed by atoms with van der Waals surface area (Å²) >= 11 is 3.32. The number of hydrogen-bond donors (Lipinski definition) is 0. The molecule has 0 unspecified atom stereocenters. The zero-order valence-electron chi connectivity index (χ0n) is 9.38. The molecule has 3 nitrogen and oxygen atoms in total. The molecule has 1 heterocycles. The van der Waals surface area contributed by atoms with Crippen molar-refractivity contribution >= 4 is 21.7 Å². The number of hydrogen-bond acceptors (Lipinski definition) is 3. The summed E-state index contributed by atoms with van der Waals surface area (Å²) in [5, 5.41) is 9.18. The Morgan fingerprint density at radius 3 is 2.56 bits per heavy atom. The second-order valence-corrected chi connectivity index (χ2v) is 4.52. The van der Waals surface area contributed by atoms with E-state index >= 15 is 0 Å². The lowest BCUT2D eigenvalue weighted by Crippen LogP contribution is -2.13. The number of halogens is 1. The highest BCUT2D eigenvalue weighted by atomic mass is 79.9. The van der Waals surface area contributed by atoms with E-state index in [0.717, 1.165) is 0 Å². The molecule has 0 radical (unpaired) electrons. The van der Waals surface area contributed by atoms with Gasteiger partial charge in [0.25, 0.3) is 0 Å². The predicted molar refractivity (Wildman–Crippen MR) is 71.1 cm³/mol. The standard InChI is InChI=1S/C14H9BrN2O/c15-12-6-2-1-5-10(12)14(18)11(9-16)13-7-3-4-8-17-13/h1-8,11H/t11-/m0/s1. The zero-order chi connectivity index (χ0) is 13.0. The number of pyridine rings is 1. The summed E-state index contributed by atoms with van der Waals surface area (Å²) in [6.07, 6.45) is 1.58. The molecule has 0 fully saturated rings. The molecule has 1 atom stereocenters. The maximum atomic E-state index is 12.3. The monoisotopic (exact) mass is 300 g/mol. The Hall–Kier alpha value is -1.99. The molecule has 0 aliphatic heterocycles. The molecular formula is C14H9BrN2O. The van der Waals surface area contributed by atoms with Gasteiger partial charge < -0.3 is 0 Å². The van der Waals surface area contributed by atoms with Crippen LogP contribution in [0.15, 0.2) is 53.1 Å². The first-order valence-electron chi connectivity index (χ1n) is 5.33. The summed E-state index contributed by atoms with van der Waals surface area (Å²) in [5.74, 6) is -1.12. The van der Waals surface area contributed by atoms with Gasteiger partial charge in [0.2, 0.25) is 0 Å². The number of benzene rings is 1. The molecule has 0 N–H and O–H groups in total. The van der Waals surface area contributed by atoms with Crippen LogP contribution < -0.4 is 0 Å². The van der Waals surface area contributed by atoms with Crippen molar-refractivity contribution in [2.45, 2.75) is 5.92 Å². The number of nitriles is 1. The first kappa shape index (κ1) is 12.5. The minimum absolute atomic E-state index is 0.247. The molecule has 0 aliphatic rings. The van der Waals surface area contributed by atoms with E-state index in [-0.39, 0.29) is 5.78 Å². The van der Waals surface area contributed by atoms with Crippen LogP contribution in [0.5, 0.6) is 0 Å². The van der Waals surface area contributed by atoms with Gasteiger partial charge in [0.05, 0.1) is 11.8 Å². The van der Waals surface area contributed by atoms with Gasteiger partial charge in [-0.3, -0.25) is 9.78 Å². The smallest absolute Gasteiger partial charge is 0.187 e. The molecule has 0 spiro atoms. The van der Waals surface area contributed by atoms with Crippen molar-refractivity contribution in [3.05, 3.63) is 64.4 Å². The second kappa shape index (κ2) is 5.56. The maximum absolute atomic E-state index is 12.3. The van der Waals surface area contributed by atoms with Crippen molar-refractivity contribution in [3.63, 3.8) is 0 Å². The Morgan fingerprint density at radius 1 is 1.22 bits per heavy atom. The van der Waals surface area contributed by atoms with Crippen molar-refractivity contribution in [2.24, 2.45) is 0 Å². The molecule has 2 aromatic rings. The normalized spacial score (nSPS) is 11.6. The van der Waals surface area contributed by atoms with Gasteiger partial charge in [-0.25, -0.2) is 0 Å². The fourth-order valence-corrected chi connectivity index (χ4v) is 2.10. The van der Waals surface area contributed by atoms with Crippen LogP contribution >= 0.6 is 15.9 Å². The van der Waals surface area contributed by atoms with Crippen LogP contribution in [0.4, 0.5) is 0 Å². The quantitative estimate of drug-likeness (QED) is 0.817. The molecule has 1 aromatic heterocycles. The maximum Gasteiger partial charge on any atom is 0.187 e. The molecule has 0 amide bonds. The number of aromatic nitrogens is 1. The average molecular weight is 301 g/mol. The lowest BCUT2D eigenvalue weighted by Gasteiger charge is -2.08. The van der Waals surface area contributed by atoms with Gasteiger partial charge in [-0.2, -0.15) is 5.26 Å². The average Bonchev–Trinajstić information content (AvgIpc) is 2.41. The number of rotatable bonds is 3. The number of nitrogens with zero attached hydrogens (tertiary/aromatic N) is 2. The van der Waals surface area contributed by atoms with Crippen LogP contribution in [0.2, 0.25) is 0 Å². The lowest BCUT2D eigenvalue weighted by molar-refractivity contribution is 0.0977. The van der Waals surface area contributed by atoms with Gasteiger partial charge in [0, 0.05) is 16.2 Å². The molecule has 88 valence electrons. The van der Waals surface area contributed by atoms with Crippen LogP contribution in [0.3, 0.4) is 0 Å². The highest BCUT2D eigenvalue weighted by Crippen LogP contribution is 2.23. The lowest BCUT2D eigenvalue weighted by atomic mass is 9.95. The Morgan fingerprint density at radius 2 is 1.94 bits per heavy atom. The van der Waals surface area contributed by atoms with Crippen molar-refractivity contribution < 1.29 is 4.79 Å². The fourth-order valence-electron chi connectivity index (χ4n) is 1.62. The zero-order valence-corrected chi connectivity index (χ0v) is 11.0. The van der Waals surface area contributed by atoms with E-state index in [4.69, 9.17) is 0 Å². The van der Waals surface area contributed by atoms with Crippen molar-refractivity contribution in [1.29, 1.82) is 5.26 Å². The van der Waals surface area contributed by atoms with Crippen LogP contribution in [0.1, 0.15) is 22.0 Å². The van der Waals surface area contributed by atoms with Crippen molar-refractivity contribution in [2.75, 3.05) is 0 Å². The largest absolute Gasteiger partial charge is 0.292 e. The summed E-state index contributed by atoms with van der Waals surface area (Å²) in [7, 11) is 0. The first-order chi connectivity index (χ1) is 8.74. The van der Waals surface area contributed by atoms with Gasteiger partial charge in [-0.1, -0.05) is 40.2 Å². The van der Waals surface area contributed by atoms with E-state index in [9.17, 15) is 10.1 Å². The molecule has 0 bridgehead atoms. The van der Waals surface area contributed by atoms with E-state index in [2.05, 4.69) is 20.9 Å². The van der Waals surface area contributed by atoms with Crippen LogP contribution in [-0.4, -0.2) is 10.8 Å². The van der Waals surface area contributed by atoms with Crippen molar-refractivity contribution in [1.82, 2.24) is 4.98 Å². The fraction of sp³-hybridized carbons (Fsp3) is 0.0714. The topological polar surface area (TPSA) is 53.8 Å². The first-order valence-corrected chi connectivity index (χ1v) is 6.12. The van der Waals surface area contributed by atoms with E-state index in [0.29, 0.717) is 15.7 Å². The number of carbonyl (C=O) groups excluding carboxylic acids is 1. The summed E-state index contributed by atoms with van der Waals surface area (Å²) in [6, 6.07) is 14.3. The number of Topliss-reactive ketones (excluding diaryl/α,β-unsaturated/α-hetero) is 1. The van der Waals surface area contributed by atoms with Gasteiger partial charge >= 0.3 is 0 Å². The summed E-state index contributed by atoms with van der Waals surface area (Å²) in [5.41, 5.74) is 0.968. The molecule has 18 heavy (non-hydrogen) atoms. The van der Waals surface area contributed by atoms with Crippen molar-refractivity contribution in [3.8, 4) is 6.07 Å². The Bertz CT molecular complexity index is 605. The van der Waals surface area contributed by atoms with E-state index < -0.39 is 5.92 Å². The molecule has 0 saturated carbocycles. The van der Waals surface area contributed by atoms with Crippen LogP contribution in [-0.2, 0) is 0 Å².